The highest BCUT2D eigenvalue weighted by atomic mass is 32.2. The lowest BCUT2D eigenvalue weighted by molar-refractivity contribution is 0.335. The van der Waals surface area contributed by atoms with Crippen molar-refractivity contribution < 1.29 is 13.2 Å². The van der Waals surface area contributed by atoms with Crippen molar-refractivity contribution in [3.63, 3.8) is 0 Å². The third-order valence-electron chi connectivity index (χ3n) is 4.22. The molecule has 2 aromatic rings. The number of hydrogen-bond acceptors (Lipinski definition) is 4. The van der Waals surface area contributed by atoms with E-state index in [1.807, 2.05) is 60.3 Å². The van der Waals surface area contributed by atoms with Gasteiger partial charge in [0.15, 0.2) is 0 Å². The molecule has 134 valence electrons. The van der Waals surface area contributed by atoms with Gasteiger partial charge in [0.2, 0.25) is 10.0 Å². The van der Waals surface area contributed by atoms with Crippen LogP contribution < -0.4 is 4.74 Å². The standard InChI is InChI=1S/C19H23NO3S2/c21-25(22,16-14-23-18-9-5-2-6-10-18)20-12-11-19(24-15-13-20)17-7-3-1-4-8-17/h1-10,19H,11-16H2. The average molecular weight is 378 g/mol. The van der Waals surface area contributed by atoms with Gasteiger partial charge in [0, 0.05) is 24.1 Å². The van der Waals surface area contributed by atoms with Gasteiger partial charge in [0.25, 0.3) is 0 Å². The van der Waals surface area contributed by atoms with Gasteiger partial charge in [-0.05, 0) is 24.1 Å². The number of para-hydroxylation sites is 1. The number of nitrogens with zero attached hydrogens (tertiary/aromatic N) is 1. The van der Waals surface area contributed by atoms with E-state index in [1.54, 1.807) is 4.31 Å². The minimum Gasteiger partial charge on any atom is -0.492 e. The molecule has 3 rings (SSSR count). The molecule has 1 heterocycles. The lowest BCUT2D eigenvalue weighted by Crippen LogP contribution is -2.36. The fourth-order valence-electron chi connectivity index (χ4n) is 2.87. The summed E-state index contributed by atoms with van der Waals surface area (Å²) in [6, 6.07) is 19.6. The van der Waals surface area contributed by atoms with Gasteiger partial charge in [-0.3, -0.25) is 0 Å². The molecular weight excluding hydrogens is 354 g/mol. The van der Waals surface area contributed by atoms with E-state index in [9.17, 15) is 8.42 Å². The molecule has 0 radical (unpaired) electrons. The minimum atomic E-state index is -3.29. The fourth-order valence-corrected chi connectivity index (χ4v) is 5.53. The molecule has 4 nitrogen and oxygen atoms in total. The summed E-state index contributed by atoms with van der Waals surface area (Å²) in [7, 11) is -3.29. The number of ether oxygens (including phenoxy) is 1. The maximum absolute atomic E-state index is 12.6. The third-order valence-corrected chi connectivity index (χ3v) is 7.38. The van der Waals surface area contributed by atoms with Crippen molar-refractivity contribution in [3.8, 4) is 5.75 Å². The molecule has 1 aliphatic heterocycles. The summed E-state index contributed by atoms with van der Waals surface area (Å²) >= 11 is 1.84. The van der Waals surface area contributed by atoms with Crippen molar-refractivity contribution in [2.75, 3.05) is 31.2 Å². The highest BCUT2D eigenvalue weighted by molar-refractivity contribution is 7.99. The first kappa shape index (κ1) is 18.3. The molecule has 2 aromatic carbocycles. The second-order valence-electron chi connectivity index (χ2n) is 5.94. The molecule has 0 aromatic heterocycles. The number of rotatable bonds is 6. The largest absolute Gasteiger partial charge is 0.492 e. The Kier molecular flexibility index (Phi) is 6.39. The van der Waals surface area contributed by atoms with Crippen LogP contribution in [0.5, 0.6) is 5.75 Å². The molecule has 0 aliphatic carbocycles. The van der Waals surface area contributed by atoms with Crippen LogP contribution in [-0.4, -0.2) is 43.9 Å². The molecule has 0 N–H and O–H groups in total. The SMILES string of the molecule is O=S(=O)(CCOc1ccccc1)N1CCSC(c2ccccc2)CC1. The van der Waals surface area contributed by atoms with Gasteiger partial charge in [-0.15, -0.1) is 0 Å². The van der Waals surface area contributed by atoms with Crippen LogP contribution in [0.3, 0.4) is 0 Å². The van der Waals surface area contributed by atoms with Crippen molar-refractivity contribution in [1.29, 1.82) is 0 Å². The number of benzene rings is 2. The second-order valence-corrected chi connectivity index (χ2v) is 9.33. The summed E-state index contributed by atoms with van der Waals surface area (Å²) in [6.07, 6.45) is 0.841. The van der Waals surface area contributed by atoms with E-state index >= 15 is 0 Å². The maximum atomic E-state index is 12.6. The van der Waals surface area contributed by atoms with Gasteiger partial charge in [0.1, 0.15) is 12.4 Å². The highest BCUT2D eigenvalue weighted by Gasteiger charge is 2.26. The van der Waals surface area contributed by atoms with Crippen molar-refractivity contribution in [2.45, 2.75) is 11.7 Å². The van der Waals surface area contributed by atoms with Crippen LogP contribution in [0.2, 0.25) is 0 Å². The van der Waals surface area contributed by atoms with E-state index in [0.29, 0.717) is 24.1 Å². The van der Waals surface area contributed by atoms with E-state index in [4.69, 9.17) is 4.74 Å². The molecule has 1 unspecified atom stereocenters. The van der Waals surface area contributed by atoms with Crippen molar-refractivity contribution in [1.82, 2.24) is 4.31 Å². The molecule has 0 saturated carbocycles. The first-order chi connectivity index (χ1) is 12.1. The van der Waals surface area contributed by atoms with Crippen molar-refractivity contribution in [3.05, 3.63) is 66.2 Å². The van der Waals surface area contributed by atoms with Crippen LogP contribution in [0.1, 0.15) is 17.2 Å². The minimum absolute atomic E-state index is 0.0164. The van der Waals surface area contributed by atoms with Gasteiger partial charge in [0.05, 0.1) is 5.75 Å². The zero-order valence-electron chi connectivity index (χ0n) is 14.1. The number of thioether (sulfide) groups is 1. The Morgan fingerprint density at radius 1 is 1.00 bits per heavy atom. The van der Waals surface area contributed by atoms with Crippen LogP contribution in [-0.2, 0) is 10.0 Å². The van der Waals surface area contributed by atoms with Gasteiger partial charge in [-0.1, -0.05) is 48.5 Å². The Hall–Kier alpha value is -1.50. The van der Waals surface area contributed by atoms with Gasteiger partial charge < -0.3 is 4.74 Å². The summed E-state index contributed by atoms with van der Waals surface area (Å²) in [4.78, 5) is 0. The summed E-state index contributed by atoms with van der Waals surface area (Å²) in [6.45, 7) is 1.32. The topological polar surface area (TPSA) is 46.6 Å². The summed E-state index contributed by atoms with van der Waals surface area (Å²) in [5.41, 5.74) is 1.28. The zero-order valence-corrected chi connectivity index (χ0v) is 15.7. The summed E-state index contributed by atoms with van der Waals surface area (Å²) in [5.74, 6) is 1.54. The molecule has 6 heteroatoms. The average Bonchev–Trinajstić information content (AvgIpc) is 2.90. The lowest BCUT2D eigenvalue weighted by atomic mass is 10.1. The Morgan fingerprint density at radius 3 is 2.40 bits per heavy atom. The van der Waals surface area contributed by atoms with Gasteiger partial charge in [-0.2, -0.15) is 11.8 Å². The summed E-state index contributed by atoms with van der Waals surface area (Å²) < 4.78 is 32.4. The first-order valence-electron chi connectivity index (χ1n) is 8.47. The molecule has 25 heavy (non-hydrogen) atoms. The smallest absolute Gasteiger partial charge is 0.217 e. The number of hydrogen-bond donors (Lipinski definition) is 0. The van der Waals surface area contributed by atoms with Crippen LogP contribution in [0.15, 0.2) is 60.7 Å². The van der Waals surface area contributed by atoms with Crippen LogP contribution in [0, 0.1) is 0 Å². The van der Waals surface area contributed by atoms with Crippen LogP contribution in [0.25, 0.3) is 0 Å². The second kappa shape index (κ2) is 8.74. The molecular formula is C19H23NO3S2. The van der Waals surface area contributed by atoms with Crippen LogP contribution >= 0.6 is 11.8 Å². The highest BCUT2D eigenvalue weighted by Crippen LogP contribution is 2.34. The Morgan fingerprint density at radius 2 is 1.68 bits per heavy atom. The van der Waals surface area contributed by atoms with E-state index in [1.165, 1.54) is 5.56 Å². The molecule has 1 aliphatic rings. The predicted molar refractivity (Wildman–Crippen MR) is 104 cm³/mol. The maximum Gasteiger partial charge on any atom is 0.217 e. The van der Waals surface area contributed by atoms with Crippen molar-refractivity contribution in [2.24, 2.45) is 0 Å². The van der Waals surface area contributed by atoms with Crippen LogP contribution in [0.4, 0.5) is 0 Å². The van der Waals surface area contributed by atoms with E-state index in [0.717, 1.165) is 12.2 Å². The fraction of sp³-hybridized carbons (Fsp3) is 0.368. The predicted octanol–water partition coefficient (Wildman–Crippen LogP) is 3.58. The quantitative estimate of drug-likeness (QED) is 0.772. The van der Waals surface area contributed by atoms with E-state index < -0.39 is 10.0 Å². The lowest BCUT2D eigenvalue weighted by Gasteiger charge is -2.20. The molecule has 0 bridgehead atoms. The van der Waals surface area contributed by atoms with E-state index in [-0.39, 0.29) is 12.4 Å². The summed E-state index contributed by atoms with van der Waals surface area (Å²) in [5, 5.41) is 0.363. The van der Waals surface area contributed by atoms with Gasteiger partial charge >= 0.3 is 0 Å². The Balaban J connectivity index is 1.54. The normalized spacial score (nSPS) is 19.3. The molecule has 1 fully saturated rings. The molecule has 0 spiro atoms. The number of sulfonamides is 1. The molecule has 1 saturated heterocycles. The van der Waals surface area contributed by atoms with Gasteiger partial charge in [-0.25, -0.2) is 12.7 Å². The zero-order chi connectivity index (χ0) is 17.5. The Bertz CT molecular complexity index is 751. The van der Waals surface area contributed by atoms with Crippen molar-refractivity contribution >= 4 is 21.8 Å². The third kappa shape index (κ3) is 5.23. The first-order valence-corrected chi connectivity index (χ1v) is 11.1. The molecule has 0 amide bonds. The Labute approximate surface area is 154 Å². The molecule has 1 atom stereocenters. The van der Waals surface area contributed by atoms with E-state index in [2.05, 4.69) is 12.1 Å². The monoisotopic (exact) mass is 377 g/mol.